The lowest BCUT2D eigenvalue weighted by atomic mass is 9.78. The van der Waals surface area contributed by atoms with Gasteiger partial charge in [-0.05, 0) is 43.2 Å². The van der Waals surface area contributed by atoms with E-state index in [9.17, 15) is 0 Å². The summed E-state index contributed by atoms with van der Waals surface area (Å²) in [6.07, 6.45) is 6.36. The largest absolute Gasteiger partial charge is 0.357 e. The lowest BCUT2D eigenvalue weighted by Gasteiger charge is -2.39. The molecule has 1 aromatic rings. The summed E-state index contributed by atoms with van der Waals surface area (Å²) >= 11 is 6.29. The Labute approximate surface area is 133 Å². The van der Waals surface area contributed by atoms with E-state index in [1.54, 1.807) is 0 Å². The van der Waals surface area contributed by atoms with E-state index < -0.39 is 0 Å². The molecule has 1 aromatic heterocycles. The van der Waals surface area contributed by atoms with Crippen molar-refractivity contribution >= 4 is 17.4 Å². The minimum atomic E-state index is 0.513. The van der Waals surface area contributed by atoms with E-state index in [4.69, 9.17) is 16.6 Å². The molecule has 0 radical (unpaired) electrons. The Morgan fingerprint density at radius 1 is 1.33 bits per heavy atom. The fourth-order valence-electron chi connectivity index (χ4n) is 2.93. The molecular formula is C17H26ClN3. The van der Waals surface area contributed by atoms with Crippen molar-refractivity contribution in [3.8, 4) is 0 Å². The first-order valence-corrected chi connectivity index (χ1v) is 8.61. The van der Waals surface area contributed by atoms with Crippen LogP contribution in [0.5, 0.6) is 0 Å². The van der Waals surface area contributed by atoms with Crippen LogP contribution in [0.3, 0.4) is 0 Å². The third-order valence-electron chi connectivity index (χ3n) is 5.19. The first-order valence-electron chi connectivity index (χ1n) is 8.23. The van der Waals surface area contributed by atoms with Crippen molar-refractivity contribution in [3.05, 3.63) is 22.8 Å². The Kier molecular flexibility index (Phi) is 4.41. The quantitative estimate of drug-likeness (QED) is 0.891. The molecule has 0 aromatic carbocycles. The topological polar surface area (TPSA) is 28.2 Å². The lowest BCUT2D eigenvalue weighted by molar-refractivity contribution is 0.238. The van der Waals surface area contributed by atoms with E-state index in [-0.39, 0.29) is 0 Å². The van der Waals surface area contributed by atoms with Crippen molar-refractivity contribution in [2.75, 3.05) is 18.0 Å². The Morgan fingerprint density at radius 3 is 2.67 bits per heavy atom. The van der Waals surface area contributed by atoms with Crippen molar-refractivity contribution in [2.24, 2.45) is 5.41 Å². The number of anilines is 1. The number of rotatable bonds is 5. The van der Waals surface area contributed by atoms with Crippen LogP contribution in [0.2, 0.25) is 5.02 Å². The van der Waals surface area contributed by atoms with Gasteiger partial charge in [0.05, 0.1) is 10.7 Å². The minimum Gasteiger partial charge on any atom is -0.357 e. The number of aromatic nitrogens is 1. The molecule has 2 aliphatic rings. The molecule has 1 N–H and O–H groups in total. The van der Waals surface area contributed by atoms with Crippen LogP contribution in [0.25, 0.3) is 0 Å². The van der Waals surface area contributed by atoms with Crippen molar-refractivity contribution in [1.29, 1.82) is 0 Å². The second-order valence-electron chi connectivity index (χ2n) is 6.90. The van der Waals surface area contributed by atoms with Gasteiger partial charge in [0, 0.05) is 25.7 Å². The van der Waals surface area contributed by atoms with Gasteiger partial charge in [-0.2, -0.15) is 0 Å². The van der Waals surface area contributed by atoms with Crippen molar-refractivity contribution in [3.63, 3.8) is 0 Å². The average molecular weight is 308 g/mol. The molecule has 116 valence electrons. The third kappa shape index (κ3) is 3.70. The number of hydrogen-bond donors (Lipinski definition) is 1. The SMILES string of the molecule is CCC1(C)CCN(c2ccc(Cl)c(CNC3CC3)n2)CC1. The fraction of sp³-hybridized carbons (Fsp3) is 0.706. The molecule has 1 aliphatic heterocycles. The highest BCUT2D eigenvalue weighted by Crippen LogP contribution is 2.35. The number of pyridine rings is 1. The Hall–Kier alpha value is -0.800. The summed E-state index contributed by atoms with van der Waals surface area (Å²) in [7, 11) is 0. The molecule has 4 heteroatoms. The lowest BCUT2D eigenvalue weighted by Crippen LogP contribution is -2.39. The molecule has 0 spiro atoms. The van der Waals surface area contributed by atoms with Gasteiger partial charge in [0.1, 0.15) is 5.82 Å². The van der Waals surface area contributed by atoms with Crippen LogP contribution in [-0.2, 0) is 6.54 Å². The molecule has 21 heavy (non-hydrogen) atoms. The molecule has 2 fully saturated rings. The number of hydrogen-bond acceptors (Lipinski definition) is 3. The molecule has 0 amide bonds. The highest BCUT2D eigenvalue weighted by molar-refractivity contribution is 6.31. The molecule has 1 saturated heterocycles. The van der Waals surface area contributed by atoms with Crippen molar-refractivity contribution in [1.82, 2.24) is 10.3 Å². The molecular weight excluding hydrogens is 282 g/mol. The number of piperidine rings is 1. The Balaban J connectivity index is 1.66. The Morgan fingerprint density at radius 2 is 2.05 bits per heavy atom. The van der Waals surface area contributed by atoms with Gasteiger partial charge in [-0.15, -0.1) is 0 Å². The van der Waals surface area contributed by atoms with E-state index in [2.05, 4.69) is 30.1 Å². The maximum Gasteiger partial charge on any atom is 0.128 e. The molecule has 3 rings (SSSR count). The van der Waals surface area contributed by atoms with Crippen LogP contribution in [0.1, 0.15) is 51.6 Å². The molecule has 2 heterocycles. The van der Waals surface area contributed by atoms with Crippen molar-refractivity contribution in [2.45, 2.75) is 58.5 Å². The fourth-order valence-corrected chi connectivity index (χ4v) is 3.10. The number of halogens is 1. The van der Waals surface area contributed by atoms with Gasteiger partial charge in [0.15, 0.2) is 0 Å². The maximum absolute atomic E-state index is 6.29. The minimum absolute atomic E-state index is 0.513. The van der Waals surface area contributed by atoms with Crippen LogP contribution in [0.15, 0.2) is 12.1 Å². The summed E-state index contributed by atoms with van der Waals surface area (Å²) in [5, 5.41) is 4.28. The third-order valence-corrected chi connectivity index (χ3v) is 5.53. The first-order chi connectivity index (χ1) is 10.1. The smallest absolute Gasteiger partial charge is 0.128 e. The van der Waals surface area contributed by atoms with Crippen LogP contribution >= 0.6 is 11.6 Å². The molecule has 0 atom stereocenters. The summed E-state index contributed by atoms with van der Waals surface area (Å²) in [4.78, 5) is 7.21. The Bertz CT molecular complexity index is 491. The van der Waals surface area contributed by atoms with Crippen LogP contribution in [0.4, 0.5) is 5.82 Å². The van der Waals surface area contributed by atoms with Gasteiger partial charge < -0.3 is 10.2 Å². The molecule has 1 aliphatic carbocycles. The van der Waals surface area contributed by atoms with Crippen LogP contribution in [0, 0.1) is 5.41 Å². The van der Waals surface area contributed by atoms with Crippen LogP contribution in [-0.4, -0.2) is 24.1 Å². The maximum atomic E-state index is 6.29. The summed E-state index contributed by atoms with van der Waals surface area (Å²) in [5.41, 5.74) is 1.50. The summed E-state index contributed by atoms with van der Waals surface area (Å²) < 4.78 is 0. The zero-order valence-corrected chi connectivity index (χ0v) is 13.9. The number of nitrogens with zero attached hydrogens (tertiary/aromatic N) is 2. The van der Waals surface area contributed by atoms with Gasteiger partial charge in [0.2, 0.25) is 0 Å². The van der Waals surface area contributed by atoms with Gasteiger partial charge >= 0.3 is 0 Å². The normalized spacial score (nSPS) is 21.6. The van der Waals surface area contributed by atoms with E-state index in [0.29, 0.717) is 11.5 Å². The van der Waals surface area contributed by atoms with Gasteiger partial charge in [0.25, 0.3) is 0 Å². The van der Waals surface area contributed by atoms with E-state index in [1.165, 1.54) is 32.1 Å². The zero-order chi connectivity index (χ0) is 14.9. The van der Waals surface area contributed by atoms with Crippen molar-refractivity contribution < 1.29 is 0 Å². The predicted octanol–water partition coefficient (Wildman–Crippen LogP) is 4.00. The summed E-state index contributed by atoms with van der Waals surface area (Å²) in [6.45, 7) is 7.71. The molecule has 0 unspecified atom stereocenters. The van der Waals surface area contributed by atoms with Gasteiger partial charge in [-0.1, -0.05) is 31.9 Å². The second-order valence-corrected chi connectivity index (χ2v) is 7.31. The standard InChI is InChI=1S/C17H26ClN3/c1-3-17(2)8-10-21(11-9-17)16-7-6-14(18)15(20-16)12-19-13-4-5-13/h6-7,13,19H,3-5,8-12H2,1-2H3. The summed E-state index contributed by atoms with van der Waals surface area (Å²) in [6, 6.07) is 4.76. The van der Waals surface area contributed by atoms with Crippen LogP contribution < -0.4 is 10.2 Å². The molecule has 1 saturated carbocycles. The highest BCUT2D eigenvalue weighted by atomic mass is 35.5. The molecule has 3 nitrogen and oxygen atoms in total. The molecule has 0 bridgehead atoms. The second kappa shape index (κ2) is 6.13. The van der Waals surface area contributed by atoms with E-state index in [0.717, 1.165) is 36.2 Å². The number of nitrogens with one attached hydrogen (secondary N) is 1. The van der Waals surface area contributed by atoms with E-state index in [1.807, 2.05) is 6.07 Å². The summed E-state index contributed by atoms with van der Waals surface area (Å²) in [5.74, 6) is 1.09. The average Bonchev–Trinajstić information content (AvgIpc) is 3.32. The van der Waals surface area contributed by atoms with Gasteiger partial charge in [-0.3, -0.25) is 0 Å². The van der Waals surface area contributed by atoms with E-state index >= 15 is 0 Å². The first kappa shape index (κ1) is 15.1. The zero-order valence-electron chi connectivity index (χ0n) is 13.2. The van der Waals surface area contributed by atoms with Gasteiger partial charge in [-0.25, -0.2) is 4.98 Å². The highest BCUT2D eigenvalue weighted by Gasteiger charge is 2.29. The monoisotopic (exact) mass is 307 g/mol. The predicted molar refractivity (Wildman–Crippen MR) is 89.0 cm³/mol.